The van der Waals surface area contributed by atoms with Gasteiger partial charge in [0.05, 0.1) is 18.8 Å². The predicted octanol–water partition coefficient (Wildman–Crippen LogP) is 2.76. The molecule has 1 unspecified atom stereocenters. The molecule has 1 heterocycles. The maximum absolute atomic E-state index is 12.0. The van der Waals surface area contributed by atoms with E-state index >= 15 is 0 Å². The Hall–Kier alpha value is -0.840. The number of likely N-dealkylation sites (tertiary alicyclic amines) is 1. The molecule has 18 heavy (non-hydrogen) atoms. The van der Waals surface area contributed by atoms with Crippen molar-refractivity contribution in [1.82, 2.24) is 4.90 Å². The van der Waals surface area contributed by atoms with Crippen LogP contribution in [-0.4, -0.2) is 48.6 Å². The third-order valence-electron chi connectivity index (χ3n) is 2.82. The van der Waals surface area contributed by atoms with Crippen LogP contribution in [0.15, 0.2) is 0 Å². The van der Waals surface area contributed by atoms with Crippen LogP contribution in [0.4, 0.5) is 9.18 Å². The van der Waals surface area contributed by atoms with Gasteiger partial charge < -0.3 is 14.4 Å². The smallest absolute Gasteiger partial charge is 0.410 e. The SMILES string of the molecule is CC(C)(C)OC(=O)N1CCC(C)(OCCCF)C1. The minimum atomic E-state index is -0.481. The van der Waals surface area contributed by atoms with Crippen molar-refractivity contribution in [2.24, 2.45) is 0 Å². The van der Waals surface area contributed by atoms with Gasteiger partial charge >= 0.3 is 6.09 Å². The summed E-state index contributed by atoms with van der Waals surface area (Å²) in [6.45, 7) is 8.65. The molecule has 0 radical (unpaired) electrons. The van der Waals surface area contributed by atoms with E-state index in [9.17, 15) is 9.18 Å². The monoisotopic (exact) mass is 261 g/mol. The van der Waals surface area contributed by atoms with Gasteiger partial charge in [0, 0.05) is 13.2 Å². The fraction of sp³-hybridized carbons (Fsp3) is 0.923. The fourth-order valence-electron chi connectivity index (χ4n) is 1.91. The first kappa shape index (κ1) is 15.2. The van der Waals surface area contributed by atoms with Crippen molar-refractivity contribution in [3.05, 3.63) is 0 Å². The first-order valence-electron chi connectivity index (χ1n) is 6.44. The lowest BCUT2D eigenvalue weighted by Gasteiger charge is -2.27. The van der Waals surface area contributed by atoms with Crippen LogP contribution in [0.3, 0.4) is 0 Å². The van der Waals surface area contributed by atoms with Gasteiger partial charge in [0.1, 0.15) is 5.60 Å². The van der Waals surface area contributed by atoms with Crippen LogP contribution in [-0.2, 0) is 9.47 Å². The van der Waals surface area contributed by atoms with Crippen LogP contribution in [0, 0.1) is 0 Å². The molecular weight excluding hydrogens is 237 g/mol. The van der Waals surface area contributed by atoms with Crippen molar-refractivity contribution in [2.75, 3.05) is 26.4 Å². The van der Waals surface area contributed by atoms with Gasteiger partial charge in [-0.2, -0.15) is 0 Å². The molecular formula is C13H24FNO3. The number of rotatable bonds is 4. The highest BCUT2D eigenvalue weighted by molar-refractivity contribution is 5.68. The van der Waals surface area contributed by atoms with E-state index in [4.69, 9.17) is 9.47 Å². The van der Waals surface area contributed by atoms with Gasteiger partial charge in [0.25, 0.3) is 0 Å². The predicted molar refractivity (Wildman–Crippen MR) is 67.4 cm³/mol. The second-order valence-electron chi connectivity index (χ2n) is 5.99. The van der Waals surface area contributed by atoms with Gasteiger partial charge in [-0.3, -0.25) is 4.39 Å². The van der Waals surface area contributed by atoms with Crippen molar-refractivity contribution in [2.45, 2.75) is 51.7 Å². The normalized spacial score (nSPS) is 24.4. The Morgan fingerprint density at radius 1 is 1.44 bits per heavy atom. The standard InChI is InChI=1S/C13H24FNO3/c1-12(2,3)18-11(16)15-8-6-13(4,10-15)17-9-5-7-14/h5-10H2,1-4H3. The number of halogens is 1. The Morgan fingerprint density at radius 3 is 2.67 bits per heavy atom. The summed E-state index contributed by atoms with van der Waals surface area (Å²) < 4.78 is 23.0. The summed E-state index contributed by atoms with van der Waals surface area (Å²) >= 11 is 0. The van der Waals surface area contributed by atoms with E-state index in [0.29, 0.717) is 26.1 Å². The molecule has 1 atom stereocenters. The summed E-state index contributed by atoms with van der Waals surface area (Å²) in [4.78, 5) is 13.5. The van der Waals surface area contributed by atoms with Crippen molar-refractivity contribution < 1.29 is 18.7 Å². The third-order valence-corrected chi connectivity index (χ3v) is 2.82. The summed E-state index contributed by atoms with van der Waals surface area (Å²) in [6, 6.07) is 0. The number of amides is 1. The molecule has 0 saturated carbocycles. The molecule has 5 heteroatoms. The highest BCUT2D eigenvalue weighted by Gasteiger charge is 2.38. The van der Waals surface area contributed by atoms with E-state index in [1.165, 1.54) is 0 Å². The Kier molecular flexibility index (Phi) is 4.96. The van der Waals surface area contributed by atoms with Gasteiger partial charge in [0.2, 0.25) is 0 Å². The number of hydrogen-bond donors (Lipinski definition) is 0. The maximum Gasteiger partial charge on any atom is 0.410 e. The quantitative estimate of drug-likeness (QED) is 0.730. The summed E-state index contributed by atoms with van der Waals surface area (Å²) in [5.41, 5.74) is -0.850. The van der Waals surface area contributed by atoms with E-state index < -0.39 is 5.60 Å². The molecule has 0 aliphatic carbocycles. The molecule has 1 rings (SSSR count). The Labute approximate surface area is 108 Å². The van der Waals surface area contributed by atoms with Crippen LogP contribution in [0.5, 0.6) is 0 Å². The Balaban J connectivity index is 2.42. The number of nitrogens with zero attached hydrogens (tertiary/aromatic N) is 1. The number of alkyl halides is 1. The number of carbonyl (C=O) groups is 1. The first-order chi connectivity index (χ1) is 8.26. The van der Waals surface area contributed by atoms with E-state index in [-0.39, 0.29) is 18.4 Å². The van der Waals surface area contributed by atoms with Crippen molar-refractivity contribution in [1.29, 1.82) is 0 Å². The lowest BCUT2D eigenvalue weighted by molar-refractivity contribution is -0.0294. The van der Waals surface area contributed by atoms with Crippen LogP contribution in [0.1, 0.15) is 40.5 Å². The van der Waals surface area contributed by atoms with E-state index in [1.807, 2.05) is 27.7 Å². The molecule has 1 amide bonds. The van der Waals surface area contributed by atoms with Crippen molar-refractivity contribution in [3.63, 3.8) is 0 Å². The number of carbonyl (C=O) groups excluding carboxylic acids is 1. The van der Waals surface area contributed by atoms with Gasteiger partial charge in [-0.25, -0.2) is 4.79 Å². The van der Waals surface area contributed by atoms with E-state index in [0.717, 1.165) is 6.42 Å². The second-order valence-corrected chi connectivity index (χ2v) is 5.99. The van der Waals surface area contributed by atoms with Gasteiger partial charge in [-0.1, -0.05) is 0 Å². The maximum atomic E-state index is 12.0. The highest BCUT2D eigenvalue weighted by atomic mass is 19.1. The molecule has 0 aromatic carbocycles. The second kappa shape index (κ2) is 5.87. The van der Waals surface area contributed by atoms with Crippen molar-refractivity contribution in [3.8, 4) is 0 Å². The van der Waals surface area contributed by atoms with Gasteiger partial charge in [-0.15, -0.1) is 0 Å². The number of hydrogen-bond acceptors (Lipinski definition) is 3. The zero-order chi connectivity index (χ0) is 13.8. The Morgan fingerprint density at radius 2 is 2.11 bits per heavy atom. The van der Waals surface area contributed by atoms with Crippen molar-refractivity contribution >= 4 is 6.09 Å². The molecule has 1 saturated heterocycles. The molecule has 0 aromatic heterocycles. The summed E-state index contributed by atoms with van der Waals surface area (Å²) in [5, 5.41) is 0. The van der Waals surface area contributed by atoms with E-state index in [1.54, 1.807) is 4.90 Å². The van der Waals surface area contributed by atoms with Crippen LogP contribution >= 0.6 is 0 Å². The molecule has 0 aromatic rings. The minimum Gasteiger partial charge on any atom is -0.444 e. The zero-order valence-electron chi connectivity index (χ0n) is 11.8. The topological polar surface area (TPSA) is 38.8 Å². The summed E-state index contributed by atoms with van der Waals surface area (Å²) in [7, 11) is 0. The molecule has 0 bridgehead atoms. The largest absolute Gasteiger partial charge is 0.444 e. The van der Waals surface area contributed by atoms with Gasteiger partial charge in [0.15, 0.2) is 0 Å². The van der Waals surface area contributed by atoms with Gasteiger partial charge in [-0.05, 0) is 40.5 Å². The average molecular weight is 261 g/mol. The molecule has 1 aliphatic heterocycles. The van der Waals surface area contributed by atoms with Crippen LogP contribution in [0.25, 0.3) is 0 Å². The summed E-state index contributed by atoms with van der Waals surface area (Å²) in [6.07, 6.45) is 0.862. The van der Waals surface area contributed by atoms with Crippen LogP contribution < -0.4 is 0 Å². The van der Waals surface area contributed by atoms with E-state index in [2.05, 4.69) is 0 Å². The number of ether oxygens (including phenoxy) is 2. The fourth-order valence-corrected chi connectivity index (χ4v) is 1.91. The highest BCUT2D eigenvalue weighted by Crippen LogP contribution is 2.26. The Bertz CT molecular complexity index is 290. The summed E-state index contributed by atoms with van der Waals surface area (Å²) in [5.74, 6) is 0. The molecule has 1 fully saturated rings. The molecule has 106 valence electrons. The minimum absolute atomic E-state index is 0.305. The molecule has 0 N–H and O–H groups in total. The molecule has 4 nitrogen and oxygen atoms in total. The lowest BCUT2D eigenvalue weighted by Crippen LogP contribution is -2.39. The average Bonchev–Trinajstić information content (AvgIpc) is 2.59. The lowest BCUT2D eigenvalue weighted by atomic mass is 10.1. The first-order valence-corrected chi connectivity index (χ1v) is 6.44. The van der Waals surface area contributed by atoms with Crippen LogP contribution in [0.2, 0.25) is 0 Å². The third kappa shape index (κ3) is 4.80. The molecule has 1 aliphatic rings. The molecule has 0 spiro atoms. The zero-order valence-corrected chi connectivity index (χ0v) is 11.8.